The molecule has 1 amide bonds. The van der Waals surface area contributed by atoms with Crippen LogP contribution < -0.4 is 5.32 Å². The molecule has 2 N–H and O–H groups in total. The molecule has 1 atom stereocenters. The average Bonchev–Trinajstić information content (AvgIpc) is 2.36. The lowest BCUT2D eigenvalue weighted by atomic mass is 10.0. The van der Waals surface area contributed by atoms with E-state index in [1.807, 2.05) is 0 Å². The number of carboxylic acid groups (broad SMARTS) is 1. The summed E-state index contributed by atoms with van der Waals surface area (Å²) >= 11 is 5.71. The van der Waals surface area contributed by atoms with Crippen molar-refractivity contribution in [1.29, 1.82) is 0 Å². The van der Waals surface area contributed by atoms with Gasteiger partial charge in [0.1, 0.15) is 11.4 Å². The van der Waals surface area contributed by atoms with Crippen LogP contribution in [-0.2, 0) is 16.0 Å². The van der Waals surface area contributed by atoms with Crippen molar-refractivity contribution in [2.75, 3.05) is 0 Å². The van der Waals surface area contributed by atoms with Crippen LogP contribution in [0.25, 0.3) is 0 Å². The van der Waals surface area contributed by atoms with Crippen molar-refractivity contribution >= 4 is 23.7 Å². The van der Waals surface area contributed by atoms with Crippen LogP contribution in [0.1, 0.15) is 39.2 Å². The number of nitrogens with one attached hydrogen (secondary N) is 1. The summed E-state index contributed by atoms with van der Waals surface area (Å²) < 4.78 is 19.0. The fraction of sp³-hybridized carbons (Fsp3) is 0.500. The highest BCUT2D eigenvalue weighted by atomic mass is 35.5. The van der Waals surface area contributed by atoms with E-state index in [9.17, 15) is 14.0 Å². The van der Waals surface area contributed by atoms with Crippen molar-refractivity contribution in [3.05, 3.63) is 34.6 Å². The summed E-state index contributed by atoms with van der Waals surface area (Å²) in [6, 6.07) is 3.68. The third-order valence-corrected chi connectivity index (χ3v) is 3.14. The quantitative estimate of drug-likeness (QED) is 0.822. The molecule has 0 spiro atoms. The first kappa shape index (κ1) is 19.2. The van der Waals surface area contributed by atoms with Gasteiger partial charge in [0.2, 0.25) is 0 Å². The zero-order valence-electron chi connectivity index (χ0n) is 13.4. The molecule has 0 bridgehead atoms. The van der Waals surface area contributed by atoms with E-state index in [1.165, 1.54) is 12.1 Å². The van der Waals surface area contributed by atoms with E-state index in [-0.39, 0.29) is 24.3 Å². The summed E-state index contributed by atoms with van der Waals surface area (Å²) in [4.78, 5) is 22.6. The predicted octanol–water partition coefficient (Wildman–Crippen LogP) is 3.78. The second-order valence-electron chi connectivity index (χ2n) is 6.22. The Balaban J connectivity index is 2.79. The van der Waals surface area contributed by atoms with Crippen molar-refractivity contribution in [3.63, 3.8) is 0 Å². The minimum atomic E-state index is -0.988. The molecule has 1 aromatic carbocycles. The number of benzene rings is 1. The molecule has 1 aromatic rings. The summed E-state index contributed by atoms with van der Waals surface area (Å²) in [5.41, 5.74) is -0.326. The molecule has 0 radical (unpaired) electrons. The summed E-state index contributed by atoms with van der Waals surface area (Å²) in [5.74, 6) is -1.48. The first-order chi connectivity index (χ1) is 10.6. The average molecular weight is 346 g/mol. The Morgan fingerprint density at radius 3 is 2.57 bits per heavy atom. The van der Waals surface area contributed by atoms with Gasteiger partial charge in [-0.05, 0) is 51.3 Å². The molecule has 0 saturated carbocycles. The summed E-state index contributed by atoms with van der Waals surface area (Å²) in [5, 5.41) is 11.7. The Morgan fingerprint density at radius 1 is 1.39 bits per heavy atom. The fourth-order valence-electron chi connectivity index (χ4n) is 1.95. The number of rotatable bonds is 6. The highest BCUT2D eigenvalue weighted by Gasteiger charge is 2.21. The van der Waals surface area contributed by atoms with E-state index < -0.39 is 29.5 Å². The maximum atomic E-state index is 13.9. The SMILES string of the molecule is CC(C)(C)OC(=O)NC(CCC(=O)O)Cc1ccc(Cl)cc1F. The van der Waals surface area contributed by atoms with Crippen molar-refractivity contribution in [1.82, 2.24) is 5.32 Å². The van der Waals surface area contributed by atoms with Gasteiger partial charge < -0.3 is 15.2 Å². The second-order valence-corrected chi connectivity index (χ2v) is 6.65. The molecule has 0 heterocycles. The van der Waals surface area contributed by atoms with Crippen LogP contribution >= 0.6 is 11.6 Å². The number of aliphatic carboxylic acids is 1. The smallest absolute Gasteiger partial charge is 0.407 e. The lowest BCUT2D eigenvalue weighted by molar-refractivity contribution is -0.137. The Bertz CT molecular complexity index is 572. The highest BCUT2D eigenvalue weighted by molar-refractivity contribution is 6.30. The van der Waals surface area contributed by atoms with E-state index in [0.717, 1.165) is 0 Å². The number of ether oxygens (including phenoxy) is 1. The molecule has 0 aliphatic rings. The molecular formula is C16H21ClFNO4. The Morgan fingerprint density at radius 2 is 2.04 bits per heavy atom. The van der Waals surface area contributed by atoms with Crippen LogP contribution in [0, 0.1) is 5.82 Å². The Hall–Kier alpha value is -1.82. The lowest BCUT2D eigenvalue weighted by Gasteiger charge is -2.23. The zero-order valence-corrected chi connectivity index (χ0v) is 14.1. The predicted molar refractivity (Wildman–Crippen MR) is 85.1 cm³/mol. The van der Waals surface area contributed by atoms with Crippen LogP contribution in [0.4, 0.5) is 9.18 Å². The second kappa shape index (κ2) is 8.15. The number of hydrogen-bond acceptors (Lipinski definition) is 3. The van der Waals surface area contributed by atoms with E-state index >= 15 is 0 Å². The first-order valence-corrected chi connectivity index (χ1v) is 7.60. The van der Waals surface area contributed by atoms with E-state index in [4.69, 9.17) is 21.4 Å². The zero-order chi connectivity index (χ0) is 17.6. The maximum absolute atomic E-state index is 13.9. The number of amides is 1. The van der Waals surface area contributed by atoms with Gasteiger partial charge in [-0.3, -0.25) is 4.79 Å². The topological polar surface area (TPSA) is 75.6 Å². The number of carbonyl (C=O) groups is 2. The van der Waals surface area contributed by atoms with Crippen LogP contribution in [0.3, 0.4) is 0 Å². The van der Waals surface area contributed by atoms with E-state index in [1.54, 1.807) is 26.8 Å². The lowest BCUT2D eigenvalue weighted by Crippen LogP contribution is -2.40. The van der Waals surface area contributed by atoms with Gasteiger partial charge in [0.05, 0.1) is 0 Å². The van der Waals surface area contributed by atoms with Crippen LogP contribution in [0.15, 0.2) is 18.2 Å². The van der Waals surface area contributed by atoms with Crippen LogP contribution in [0.5, 0.6) is 0 Å². The van der Waals surface area contributed by atoms with Gasteiger partial charge in [-0.15, -0.1) is 0 Å². The molecular weight excluding hydrogens is 325 g/mol. The molecule has 0 saturated heterocycles. The van der Waals surface area contributed by atoms with Crippen LogP contribution in [0.2, 0.25) is 5.02 Å². The number of carboxylic acids is 1. The number of hydrogen-bond donors (Lipinski definition) is 2. The molecule has 1 unspecified atom stereocenters. The van der Waals surface area contributed by atoms with Crippen molar-refractivity contribution in [2.24, 2.45) is 0 Å². The van der Waals surface area contributed by atoms with Gasteiger partial charge in [-0.25, -0.2) is 9.18 Å². The Kier molecular flexibility index (Phi) is 6.81. The number of alkyl carbamates (subject to hydrolysis) is 1. The van der Waals surface area contributed by atoms with Gasteiger partial charge in [0, 0.05) is 17.5 Å². The summed E-state index contributed by atoms with van der Waals surface area (Å²) in [7, 11) is 0. The normalized spacial score (nSPS) is 12.6. The first-order valence-electron chi connectivity index (χ1n) is 7.22. The van der Waals surface area contributed by atoms with Gasteiger partial charge in [-0.1, -0.05) is 17.7 Å². The third kappa shape index (κ3) is 7.83. The van der Waals surface area contributed by atoms with Crippen molar-refractivity contribution < 1.29 is 23.8 Å². The molecule has 0 fully saturated rings. The largest absolute Gasteiger partial charge is 0.481 e. The third-order valence-electron chi connectivity index (χ3n) is 2.91. The molecule has 7 heteroatoms. The molecule has 1 rings (SSSR count). The standard InChI is InChI=1S/C16H21ClFNO4/c1-16(2,3)23-15(22)19-12(6-7-14(20)21)8-10-4-5-11(17)9-13(10)18/h4-5,9,12H,6-8H2,1-3H3,(H,19,22)(H,20,21). The van der Waals surface area contributed by atoms with Gasteiger partial charge in [-0.2, -0.15) is 0 Å². The van der Waals surface area contributed by atoms with Crippen LogP contribution in [-0.4, -0.2) is 28.8 Å². The van der Waals surface area contributed by atoms with E-state index in [2.05, 4.69) is 5.32 Å². The number of carbonyl (C=O) groups excluding carboxylic acids is 1. The summed E-state index contributed by atoms with van der Waals surface area (Å²) in [6.45, 7) is 5.16. The molecule has 0 aromatic heterocycles. The van der Waals surface area contributed by atoms with Crippen molar-refractivity contribution in [2.45, 2.75) is 51.7 Å². The fourth-order valence-corrected chi connectivity index (χ4v) is 2.11. The molecule has 128 valence electrons. The Labute approximate surface area is 139 Å². The number of halogens is 2. The maximum Gasteiger partial charge on any atom is 0.407 e. The molecule has 0 aliphatic heterocycles. The van der Waals surface area contributed by atoms with Gasteiger partial charge >= 0.3 is 12.1 Å². The molecule has 23 heavy (non-hydrogen) atoms. The molecule has 5 nitrogen and oxygen atoms in total. The summed E-state index contributed by atoms with van der Waals surface area (Å²) in [6.07, 6.45) is -0.496. The van der Waals surface area contributed by atoms with Gasteiger partial charge in [0.15, 0.2) is 0 Å². The molecule has 0 aliphatic carbocycles. The minimum absolute atomic E-state index is 0.143. The minimum Gasteiger partial charge on any atom is -0.481 e. The van der Waals surface area contributed by atoms with Gasteiger partial charge in [0.25, 0.3) is 0 Å². The highest BCUT2D eigenvalue weighted by Crippen LogP contribution is 2.18. The van der Waals surface area contributed by atoms with E-state index in [0.29, 0.717) is 5.56 Å². The monoisotopic (exact) mass is 345 g/mol. The van der Waals surface area contributed by atoms with Crippen molar-refractivity contribution in [3.8, 4) is 0 Å².